The van der Waals surface area contributed by atoms with E-state index >= 15 is 0 Å². The second-order valence-electron chi connectivity index (χ2n) is 3.39. The smallest absolute Gasteiger partial charge is 0.221 e. The number of piperidine rings is 1. The molecule has 0 bridgehead atoms. The van der Waals surface area contributed by atoms with Crippen LogP contribution in [0.4, 0.5) is 0 Å². The van der Waals surface area contributed by atoms with Gasteiger partial charge in [-0.3, -0.25) is 9.59 Å². The zero-order chi connectivity index (χ0) is 9.84. The summed E-state index contributed by atoms with van der Waals surface area (Å²) in [6, 6.07) is 0.0312. The van der Waals surface area contributed by atoms with E-state index in [-0.39, 0.29) is 23.8 Å². The average Bonchev–Trinajstić information content (AvgIpc) is 2.03. The number of carbonyl (C=O) groups excluding carboxylic acids is 2. The van der Waals surface area contributed by atoms with Gasteiger partial charge in [-0.25, -0.2) is 0 Å². The Morgan fingerprint density at radius 2 is 2.15 bits per heavy atom. The van der Waals surface area contributed by atoms with E-state index in [1.807, 2.05) is 0 Å². The Balaban J connectivity index is 2.41. The second-order valence-corrected chi connectivity index (χ2v) is 3.39. The van der Waals surface area contributed by atoms with Gasteiger partial charge in [0.05, 0.1) is 5.92 Å². The highest BCUT2D eigenvalue weighted by atomic mass is 16.2. The molecule has 4 N–H and O–H groups in total. The first-order valence-corrected chi connectivity index (χ1v) is 4.36. The SMILES string of the molecule is CC(=O)N[C@H]1CNC[C@H](C(N)=O)C1. The van der Waals surface area contributed by atoms with Crippen LogP contribution in [0.1, 0.15) is 13.3 Å². The predicted molar refractivity (Wildman–Crippen MR) is 47.8 cm³/mol. The molecule has 74 valence electrons. The fourth-order valence-corrected chi connectivity index (χ4v) is 1.56. The van der Waals surface area contributed by atoms with E-state index in [1.165, 1.54) is 6.92 Å². The number of hydrogen-bond donors (Lipinski definition) is 3. The number of amides is 2. The van der Waals surface area contributed by atoms with Crippen molar-refractivity contribution in [1.29, 1.82) is 0 Å². The molecule has 1 saturated heterocycles. The first-order valence-electron chi connectivity index (χ1n) is 4.36. The normalized spacial score (nSPS) is 28.1. The molecule has 2 atom stereocenters. The van der Waals surface area contributed by atoms with Crippen molar-refractivity contribution in [2.45, 2.75) is 19.4 Å². The Morgan fingerprint density at radius 1 is 1.46 bits per heavy atom. The number of primary amides is 1. The van der Waals surface area contributed by atoms with Crippen LogP contribution in [-0.4, -0.2) is 30.9 Å². The summed E-state index contributed by atoms with van der Waals surface area (Å²) in [4.78, 5) is 21.6. The Morgan fingerprint density at radius 3 is 2.69 bits per heavy atom. The number of rotatable bonds is 2. The molecule has 0 radical (unpaired) electrons. The minimum Gasteiger partial charge on any atom is -0.369 e. The van der Waals surface area contributed by atoms with Crippen LogP contribution in [0, 0.1) is 5.92 Å². The Labute approximate surface area is 77.1 Å². The Bertz CT molecular complexity index is 217. The molecule has 5 nitrogen and oxygen atoms in total. The summed E-state index contributed by atoms with van der Waals surface area (Å²) in [5.74, 6) is -0.537. The summed E-state index contributed by atoms with van der Waals surface area (Å²) in [6.07, 6.45) is 0.641. The maximum absolute atomic E-state index is 10.9. The van der Waals surface area contributed by atoms with E-state index in [9.17, 15) is 9.59 Å². The van der Waals surface area contributed by atoms with Crippen LogP contribution < -0.4 is 16.4 Å². The quantitative estimate of drug-likeness (QED) is 0.494. The molecule has 13 heavy (non-hydrogen) atoms. The Hall–Kier alpha value is -1.10. The summed E-state index contributed by atoms with van der Waals surface area (Å²) in [6.45, 7) is 2.79. The van der Waals surface area contributed by atoms with Gasteiger partial charge < -0.3 is 16.4 Å². The largest absolute Gasteiger partial charge is 0.369 e. The fraction of sp³-hybridized carbons (Fsp3) is 0.750. The second kappa shape index (κ2) is 4.23. The molecule has 1 fully saturated rings. The third kappa shape index (κ3) is 3.02. The third-order valence-electron chi connectivity index (χ3n) is 2.16. The molecular weight excluding hydrogens is 170 g/mol. The molecule has 0 aromatic carbocycles. The first-order chi connectivity index (χ1) is 6.09. The van der Waals surface area contributed by atoms with Gasteiger partial charge in [0.25, 0.3) is 0 Å². The van der Waals surface area contributed by atoms with Crippen molar-refractivity contribution in [3.05, 3.63) is 0 Å². The van der Waals surface area contributed by atoms with Crippen LogP contribution in [0.5, 0.6) is 0 Å². The van der Waals surface area contributed by atoms with E-state index in [1.54, 1.807) is 0 Å². The lowest BCUT2D eigenvalue weighted by Crippen LogP contribution is -2.51. The molecule has 5 heteroatoms. The van der Waals surface area contributed by atoms with Crippen molar-refractivity contribution < 1.29 is 9.59 Å². The first kappa shape index (κ1) is 9.98. The fourth-order valence-electron chi connectivity index (χ4n) is 1.56. The zero-order valence-electron chi connectivity index (χ0n) is 7.67. The number of nitrogens with one attached hydrogen (secondary N) is 2. The molecule has 0 saturated carbocycles. The van der Waals surface area contributed by atoms with Gasteiger partial charge in [-0.1, -0.05) is 0 Å². The minimum atomic E-state index is -0.303. The molecule has 0 aliphatic carbocycles. The van der Waals surface area contributed by atoms with Gasteiger partial charge in [0.15, 0.2) is 0 Å². The number of hydrogen-bond acceptors (Lipinski definition) is 3. The Kier molecular flexibility index (Phi) is 3.25. The maximum atomic E-state index is 10.9. The molecule has 0 spiro atoms. The van der Waals surface area contributed by atoms with Crippen molar-refractivity contribution in [2.75, 3.05) is 13.1 Å². The van der Waals surface area contributed by atoms with Crippen LogP contribution in [0.15, 0.2) is 0 Å². The summed E-state index contributed by atoms with van der Waals surface area (Å²) in [7, 11) is 0. The zero-order valence-corrected chi connectivity index (χ0v) is 7.67. The summed E-state index contributed by atoms with van der Waals surface area (Å²) in [5.41, 5.74) is 5.17. The monoisotopic (exact) mass is 185 g/mol. The lowest BCUT2D eigenvalue weighted by atomic mass is 9.95. The molecule has 1 aliphatic rings. The third-order valence-corrected chi connectivity index (χ3v) is 2.16. The highest BCUT2D eigenvalue weighted by Gasteiger charge is 2.25. The number of carbonyl (C=O) groups is 2. The average molecular weight is 185 g/mol. The van der Waals surface area contributed by atoms with E-state index < -0.39 is 0 Å². The van der Waals surface area contributed by atoms with Crippen molar-refractivity contribution in [2.24, 2.45) is 11.7 Å². The van der Waals surface area contributed by atoms with Crippen LogP contribution in [-0.2, 0) is 9.59 Å². The van der Waals surface area contributed by atoms with Crippen LogP contribution in [0.2, 0.25) is 0 Å². The van der Waals surface area contributed by atoms with Crippen molar-refractivity contribution in [3.63, 3.8) is 0 Å². The van der Waals surface area contributed by atoms with E-state index in [0.29, 0.717) is 19.5 Å². The molecule has 1 aliphatic heterocycles. The molecular formula is C8H15N3O2. The maximum Gasteiger partial charge on any atom is 0.221 e. The summed E-state index contributed by atoms with van der Waals surface area (Å²) < 4.78 is 0. The van der Waals surface area contributed by atoms with Crippen LogP contribution in [0.3, 0.4) is 0 Å². The van der Waals surface area contributed by atoms with Crippen molar-refractivity contribution in [3.8, 4) is 0 Å². The van der Waals surface area contributed by atoms with Crippen LogP contribution >= 0.6 is 0 Å². The molecule has 0 unspecified atom stereocenters. The standard InChI is InChI=1S/C8H15N3O2/c1-5(12)11-7-2-6(8(9)13)3-10-4-7/h6-7,10H,2-4H2,1H3,(H2,9,13)(H,11,12)/t6-,7-/m1/s1. The van der Waals surface area contributed by atoms with E-state index in [4.69, 9.17) is 5.73 Å². The summed E-state index contributed by atoms with van der Waals surface area (Å²) in [5, 5.41) is 5.81. The molecule has 1 heterocycles. The molecule has 1 rings (SSSR count). The highest BCUT2D eigenvalue weighted by Crippen LogP contribution is 2.09. The van der Waals surface area contributed by atoms with Gasteiger partial charge in [0.2, 0.25) is 11.8 Å². The van der Waals surface area contributed by atoms with Gasteiger partial charge in [-0.15, -0.1) is 0 Å². The highest BCUT2D eigenvalue weighted by molar-refractivity contribution is 5.77. The van der Waals surface area contributed by atoms with Gasteiger partial charge in [-0.05, 0) is 6.42 Å². The van der Waals surface area contributed by atoms with Crippen LogP contribution in [0.25, 0.3) is 0 Å². The molecule has 0 aromatic rings. The summed E-state index contributed by atoms with van der Waals surface area (Å²) >= 11 is 0. The van der Waals surface area contributed by atoms with Gasteiger partial charge in [0.1, 0.15) is 0 Å². The van der Waals surface area contributed by atoms with Gasteiger partial charge in [-0.2, -0.15) is 0 Å². The van der Waals surface area contributed by atoms with E-state index in [2.05, 4.69) is 10.6 Å². The lowest BCUT2D eigenvalue weighted by molar-refractivity contribution is -0.124. The number of nitrogens with two attached hydrogens (primary N) is 1. The predicted octanol–water partition coefficient (Wildman–Crippen LogP) is -1.41. The van der Waals surface area contributed by atoms with Gasteiger partial charge >= 0.3 is 0 Å². The van der Waals surface area contributed by atoms with E-state index in [0.717, 1.165) is 0 Å². The lowest BCUT2D eigenvalue weighted by Gasteiger charge is -2.28. The molecule has 2 amide bonds. The molecule has 0 aromatic heterocycles. The minimum absolute atomic E-state index is 0.0312. The van der Waals surface area contributed by atoms with Gasteiger partial charge in [0, 0.05) is 26.1 Å². The van der Waals surface area contributed by atoms with Crippen molar-refractivity contribution >= 4 is 11.8 Å². The van der Waals surface area contributed by atoms with Crippen molar-refractivity contribution in [1.82, 2.24) is 10.6 Å². The topological polar surface area (TPSA) is 84.2 Å².